The normalized spacial score (nSPS) is 30.6. The summed E-state index contributed by atoms with van der Waals surface area (Å²) < 4.78 is 0. The van der Waals surface area contributed by atoms with Crippen LogP contribution in [-0.2, 0) is 4.79 Å². The highest BCUT2D eigenvalue weighted by atomic mass is 16.2. The summed E-state index contributed by atoms with van der Waals surface area (Å²) in [4.78, 5) is 11.9. The van der Waals surface area contributed by atoms with Crippen molar-refractivity contribution in [1.29, 1.82) is 0 Å². The fourth-order valence-electron chi connectivity index (χ4n) is 2.26. The Morgan fingerprint density at radius 2 is 2.50 bits per heavy atom. The average molecular weight is 224 g/mol. The summed E-state index contributed by atoms with van der Waals surface area (Å²) in [6, 6.07) is 0. The Labute approximate surface area is 96.2 Å². The minimum atomic E-state index is 0.0190. The molecule has 2 atom stereocenters. The number of nitrogens with one attached hydrogen (secondary N) is 3. The number of fused-ring (bicyclic) bond motifs is 1. The van der Waals surface area contributed by atoms with Crippen molar-refractivity contribution in [2.45, 2.75) is 19.5 Å². The quantitative estimate of drug-likeness (QED) is 0.562. The van der Waals surface area contributed by atoms with Gasteiger partial charge in [-0.1, -0.05) is 12.2 Å². The van der Waals surface area contributed by atoms with E-state index in [1.165, 1.54) is 0 Å². The molecule has 0 bridgehead atoms. The second-order valence-corrected chi connectivity index (χ2v) is 4.23. The molecule has 2 saturated heterocycles. The van der Waals surface area contributed by atoms with Crippen molar-refractivity contribution in [2.75, 3.05) is 26.2 Å². The molecular formula is C11H20N4O. The topological polar surface area (TPSA) is 56.4 Å². The van der Waals surface area contributed by atoms with Crippen LogP contribution >= 0.6 is 0 Å². The SMILES string of the molecule is C/C=C/CNC(=O)C1CNN2CCCNC12. The van der Waals surface area contributed by atoms with Gasteiger partial charge in [-0.2, -0.15) is 0 Å². The van der Waals surface area contributed by atoms with Gasteiger partial charge in [0, 0.05) is 19.6 Å². The maximum absolute atomic E-state index is 11.9. The molecule has 90 valence electrons. The van der Waals surface area contributed by atoms with E-state index in [0.29, 0.717) is 6.54 Å². The third kappa shape index (κ3) is 2.42. The first-order chi connectivity index (χ1) is 7.83. The molecule has 0 saturated carbocycles. The third-order valence-corrected chi connectivity index (χ3v) is 3.13. The van der Waals surface area contributed by atoms with E-state index >= 15 is 0 Å². The highest BCUT2D eigenvalue weighted by molar-refractivity contribution is 5.80. The van der Waals surface area contributed by atoms with Crippen LogP contribution in [0.25, 0.3) is 0 Å². The van der Waals surface area contributed by atoms with Gasteiger partial charge in [0.15, 0.2) is 0 Å². The van der Waals surface area contributed by atoms with Crippen molar-refractivity contribution in [3.05, 3.63) is 12.2 Å². The molecule has 2 rings (SSSR count). The van der Waals surface area contributed by atoms with Crippen molar-refractivity contribution < 1.29 is 4.79 Å². The first-order valence-corrected chi connectivity index (χ1v) is 5.95. The molecule has 5 heteroatoms. The first kappa shape index (κ1) is 11.6. The third-order valence-electron chi connectivity index (χ3n) is 3.13. The number of hydrogen-bond acceptors (Lipinski definition) is 4. The van der Waals surface area contributed by atoms with E-state index in [9.17, 15) is 4.79 Å². The minimum Gasteiger partial charge on any atom is -0.352 e. The van der Waals surface area contributed by atoms with E-state index in [1.54, 1.807) is 0 Å². The van der Waals surface area contributed by atoms with Gasteiger partial charge in [-0.05, 0) is 19.9 Å². The van der Waals surface area contributed by atoms with Crippen molar-refractivity contribution in [3.8, 4) is 0 Å². The van der Waals surface area contributed by atoms with Gasteiger partial charge in [0.25, 0.3) is 0 Å². The van der Waals surface area contributed by atoms with Gasteiger partial charge in [0.2, 0.25) is 5.91 Å². The number of carbonyl (C=O) groups excluding carboxylic acids is 1. The molecule has 5 nitrogen and oxygen atoms in total. The van der Waals surface area contributed by atoms with E-state index in [0.717, 1.165) is 26.1 Å². The Morgan fingerprint density at radius 3 is 3.31 bits per heavy atom. The first-order valence-electron chi connectivity index (χ1n) is 5.95. The Hall–Kier alpha value is -0.910. The lowest BCUT2D eigenvalue weighted by Gasteiger charge is -2.31. The Kier molecular flexibility index (Phi) is 3.93. The van der Waals surface area contributed by atoms with E-state index in [2.05, 4.69) is 21.1 Å². The van der Waals surface area contributed by atoms with Crippen LogP contribution in [-0.4, -0.2) is 43.3 Å². The molecule has 0 aromatic rings. The van der Waals surface area contributed by atoms with Gasteiger partial charge < -0.3 is 5.32 Å². The number of allylic oxidation sites excluding steroid dienone is 1. The maximum Gasteiger partial charge on any atom is 0.227 e. The predicted octanol–water partition coefficient (Wildman–Crippen LogP) is -0.565. The van der Waals surface area contributed by atoms with Crippen molar-refractivity contribution in [2.24, 2.45) is 5.92 Å². The van der Waals surface area contributed by atoms with Crippen LogP contribution < -0.4 is 16.1 Å². The standard InChI is InChI=1S/C11H20N4O/c1-2-3-5-13-11(16)9-8-14-15-7-4-6-12-10(9)15/h2-3,9-10,12,14H,4-8H2,1H3,(H,13,16)/b3-2+. The molecule has 2 unspecified atom stereocenters. The van der Waals surface area contributed by atoms with Crippen LogP contribution in [0.5, 0.6) is 0 Å². The zero-order chi connectivity index (χ0) is 11.4. The molecule has 3 N–H and O–H groups in total. The summed E-state index contributed by atoms with van der Waals surface area (Å²) in [6.07, 6.45) is 5.19. The van der Waals surface area contributed by atoms with Crippen molar-refractivity contribution in [1.82, 2.24) is 21.1 Å². The second-order valence-electron chi connectivity index (χ2n) is 4.23. The molecule has 2 aliphatic heterocycles. The zero-order valence-electron chi connectivity index (χ0n) is 9.70. The van der Waals surface area contributed by atoms with E-state index in [-0.39, 0.29) is 18.0 Å². The number of nitrogens with zero attached hydrogens (tertiary/aromatic N) is 1. The highest BCUT2D eigenvalue weighted by Crippen LogP contribution is 2.17. The number of hydrazine groups is 1. The van der Waals surface area contributed by atoms with E-state index in [1.807, 2.05) is 19.1 Å². The molecule has 2 aliphatic rings. The van der Waals surface area contributed by atoms with Crippen LogP contribution in [0.1, 0.15) is 13.3 Å². The number of hydrogen-bond donors (Lipinski definition) is 3. The van der Waals surface area contributed by atoms with Gasteiger partial charge >= 0.3 is 0 Å². The smallest absolute Gasteiger partial charge is 0.227 e. The predicted molar refractivity (Wildman–Crippen MR) is 62.4 cm³/mol. The molecule has 1 amide bonds. The molecular weight excluding hydrogens is 204 g/mol. The van der Waals surface area contributed by atoms with Gasteiger partial charge in [-0.15, -0.1) is 0 Å². The summed E-state index contributed by atoms with van der Waals surface area (Å²) in [5.41, 5.74) is 3.27. The Bertz CT molecular complexity index is 279. The summed E-state index contributed by atoms with van der Waals surface area (Å²) >= 11 is 0. The van der Waals surface area contributed by atoms with Gasteiger partial charge in [0.05, 0.1) is 12.1 Å². The summed E-state index contributed by atoms with van der Waals surface area (Å²) in [5.74, 6) is 0.151. The molecule has 2 heterocycles. The van der Waals surface area contributed by atoms with Crippen molar-refractivity contribution in [3.63, 3.8) is 0 Å². The van der Waals surface area contributed by atoms with Gasteiger partial charge in [0.1, 0.15) is 0 Å². The lowest BCUT2D eigenvalue weighted by molar-refractivity contribution is -0.125. The maximum atomic E-state index is 11.9. The molecule has 16 heavy (non-hydrogen) atoms. The lowest BCUT2D eigenvalue weighted by atomic mass is 10.1. The average Bonchev–Trinajstić information content (AvgIpc) is 2.73. The van der Waals surface area contributed by atoms with Crippen molar-refractivity contribution >= 4 is 5.91 Å². The van der Waals surface area contributed by atoms with Gasteiger partial charge in [-0.25, -0.2) is 5.01 Å². The molecule has 2 fully saturated rings. The van der Waals surface area contributed by atoms with Crippen LogP contribution in [0, 0.1) is 5.92 Å². The van der Waals surface area contributed by atoms with Crippen LogP contribution in [0.15, 0.2) is 12.2 Å². The Balaban J connectivity index is 1.86. The fraction of sp³-hybridized carbons (Fsp3) is 0.727. The second kappa shape index (κ2) is 5.43. The number of rotatable bonds is 3. The monoisotopic (exact) mass is 224 g/mol. The molecule has 0 aromatic heterocycles. The summed E-state index contributed by atoms with van der Waals surface area (Å²) in [7, 11) is 0. The largest absolute Gasteiger partial charge is 0.352 e. The summed E-state index contributed by atoms with van der Waals surface area (Å²) in [5, 5.41) is 8.46. The number of carbonyl (C=O) groups is 1. The fourth-order valence-corrected chi connectivity index (χ4v) is 2.26. The van der Waals surface area contributed by atoms with E-state index < -0.39 is 0 Å². The minimum absolute atomic E-state index is 0.0190. The van der Waals surface area contributed by atoms with Gasteiger partial charge in [-0.3, -0.25) is 15.5 Å². The lowest BCUT2D eigenvalue weighted by Crippen LogP contribution is -2.54. The summed E-state index contributed by atoms with van der Waals surface area (Å²) in [6.45, 7) is 5.34. The highest BCUT2D eigenvalue weighted by Gasteiger charge is 2.39. The molecule has 0 radical (unpaired) electrons. The zero-order valence-corrected chi connectivity index (χ0v) is 9.70. The van der Waals surface area contributed by atoms with E-state index in [4.69, 9.17) is 0 Å². The molecule has 0 aromatic carbocycles. The number of amides is 1. The van der Waals surface area contributed by atoms with Crippen LogP contribution in [0.2, 0.25) is 0 Å². The molecule has 0 spiro atoms. The Morgan fingerprint density at radius 1 is 1.62 bits per heavy atom. The van der Waals surface area contributed by atoms with Crippen LogP contribution in [0.4, 0.5) is 0 Å². The molecule has 0 aliphatic carbocycles. The van der Waals surface area contributed by atoms with Crippen LogP contribution in [0.3, 0.4) is 0 Å².